The summed E-state index contributed by atoms with van der Waals surface area (Å²) in [7, 11) is -0.535. The van der Waals surface area contributed by atoms with E-state index >= 15 is 4.39 Å². The second kappa shape index (κ2) is 4.89. The van der Waals surface area contributed by atoms with Crippen LogP contribution in [0.5, 0.6) is 0 Å². The molecule has 138 valence electrons. The molecule has 1 saturated heterocycles. The van der Waals surface area contributed by atoms with Gasteiger partial charge in [0, 0.05) is 0 Å². The molecule has 1 aliphatic heterocycles. The first-order chi connectivity index (χ1) is 11.1. The van der Waals surface area contributed by atoms with E-state index in [-0.39, 0.29) is 22.1 Å². The van der Waals surface area contributed by atoms with Crippen LogP contribution in [0.25, 0.3) is 0 Å². The zero-order valence-electron chi connectivity index (χ0n) is 17.4. The molecule has 1 aromatic carbocycles. The summed E-state index contributed by atoms with van der Waals surface area (Å²) in [6.45, 7) is 21.3. The quantitative estimate of drug-likeness (QED) is 0.685. The fourth-order valence-corrected chi connectivity index (χ4v) is 4.30. The molecule has 0 spiro atoms. The van der Waals surface area contributed by atoms with Gasteiger partial charge in [-0.05, 0) is 66.6 Å². The summed E-state index contributed by atoms with van der Waals surface area (Å²) in [6, 6.07) is 3.72. The van der Waals surface area contributed by atoms with Crippen LogP contribution in [0.4, 0.5) is 4.39 Å². The van der Waals surface area contributed by atoms with Crippen molar-refractivity contribution in [2.45, 2.75) is 91.3 Å². The minimum atomic E-state index is -0.535. The zero-order valence-corrected chi connectivity index (χ0v) is 17.4. The van der Waals surface area contributed by atoms with Crippen LogP contribution in [0.2, 0.25) is 0 Å². The van der Waals surface area contributed by atoms with Gasteiger partial charge in [-0.1, -0.05) is 47.6 Å². The highest BCUT2D eigenvalue weighted by molar-refractivity contribution is 6.62. The van der Waals surface area contributed by atoms with Crippen molar-refractivity contribution in [3.05, 3.63) is 29.1 Å². The SMILES string of the molecule is CC1(C)OB(c2cc(F)c3c(c2)C(C)(C)C(C)(C)C3(C)C)OC1(C)C. The number of hydrogen-bond acceptors (Lipinski definition) is 2. The summed E-state index contributed by atoms with van der Waals surface area (Å²) in [6.07, 6.45) is 0. The smallest absolute Gasteiger partial charge is 0.399 e. The molecule has 0 unspecified atom stereocenters. The Bertz CT molecular complexity index is 716. The molecule has 4 heteroatoms. The van der Waals surface area contributed by atoms with E-state index < -0.39 is 18.3 Å². The highest BCUT2D eigenvalue weighted by Gasteiger charge is 2.59. The topological polar surface area (TPSA) is 18.5 Å². The van der Waals surface area contributed by atoms with Gasteiger partial charge in [-0.2, -0.15) is 0 Å². The van der Waals surface area contributed by atoms with E-state index in [9.17, 15) is 0 Å². The molecule has 3 rings (SSSR count). The van der Waals surface area contributed by atoms with Gasteiger partial charge in [0.1, 0.15) is 5.82 Å². The van der Waals surface area contributed by atoms with Gasteiger partial charge in [-0.3, -0.25) is 0 Å². The number of rotatable bonds is 1. The maximum atomic E-state index is 15.3. The fraction of sp³-hybridized carbons (Fsp3) is 0.714. The zero-order chi connectivity index (χ0) is 19.2. The monoisotopic (exact) mass is 346 g/mol. The van der Waals surface area contributed by atoms with Crippen molar-refractivity contribution in [3.8, 4) is 0 Å². The molecule has 0 radical (unpaired) electrons. The number of benzene rings is 1. The third-order valence-corrected chi connectivity index (χ3v) is 8.06. The Balaban J connectivity index is 2.15. The maximum absolute atomic E-state index is 15.3. The predicted octanol–water partition coefficient (Wildman–Crippen LogP) is 4.72. The highest BCUT2D eigenvalue weighted by Crippen LogP contribution is 2.61. The Labute approximate surface area is 152 Å². The molecule has 2 aliphatic rings. The lowest BCUT2D eigenvalue weighted by molar-refractivity contribution is 0.00578. The van der Waals surface area contributed by atoms with Gasteiger partial charge in [-0.25, -0.2) is 4.39 Å². The molecular formula is C21H32BFO2. The van der Waals surface area contributed by atoms with Gasteiger partial charge >= 0.3 is 7.12 Å². The summed E-state index contributed by atoms with van der Waals surface area (Å²) in [5, 5.41) is 0. The molecular weight excluding hydrogens is 314 g/mol. The van der Waals surface area contributed by atoms with Gasteiger partial charge in [-0.15, -0.1) is 0 Å². The summed E-state index contributed by atoms with van der Waals surface area (Å²) in [5.74, 6) is -0.147. The Morgan fingerprint density at radius 2 is 1.24 bits per heavy atom. The third kappa shape index (κ3) is 2.23. The normalized spacial score (nSPS) is 27.4. The standard InChI is InChI=1S/C21H32BFO2/c1-17(2)14-11-13(22-24-20(7,8)21(9,10)25-22)12-15(23)16(14)18(3,4)19(17,5)6/h11-12H,1-10H3. The Morgan fingerprint density at radius 1 is 0.760 bits per heavy atom. The molecule has 0 atom stereocenters. The Morgan fingerprint density at radius 3 is 1.72 bits per heavy atom. The van der Waals surface area contributed by atoms with Gasteiger partial charge in [0.2, 0.25) is 0 Å². The molecule has 0 saturated carbocycles. The Kier molecular flexibility index (Phi) is 3.70. The van der Waals surface area contributed by atoms with Gasteiger partial charge < -0.3 is 9.31 Å². The average Bonchev–Trinajstić information content (AvgIpc) is 2.70. The van der Waals surface area contributed by atoms with Gasteiger partial charge in [0.05, 0.1) is 11.2 Å². The molecule has 1 fully saturated rings. The van der Waals surface area contributed by atoms with Crippen LogP contribution in [-0.2, 0) is 20.1 Å². The number of hydrogen-bond donors (Lipinski definition) is 0. The lowest BCUT2D eigenvalue weighted by Gasteiger charge is -2.44. The van der Waals surface area contributed by atoms with E-state index in [4.69, 9.17) is 9.31 Å². The van der Waals surface area contributed by atoms with E-state index in [1.54, 1.807) is 6.07 Å². The molecule has 0 aromatic heterocycles. The fourth-order valence-electron chi connectivity index (χ4n) is 4.30. The van der Waals surface area contributed by atoms with Crippen LogP contribution >= 0.6 is 0 Å². The molecule has 0 bridgehead atoms. The lowest BCUT2D eigenvalue weighted by atomic mass is 9.59. The molecule has 1 aliphatic carbocycles. The van der Waals surface area contributed by atoms with Crippen LogP contribution in [0, 0.1) is 11.2 Å². The first kappa shape index (κ1) is 18.9. The molecule has 2 nitrogen and oxygen atoms in total. The van der Waals surface area contributed by atoms with E-state index in [0.717, 1.165) is 16.6 Å². The van der Waals surface area contributed by atoms with E-state index in [1.165, 1.54) is 0 Å². The largest absolute Gasteiger partial charge is 0.494 e. The van der Waals surface area contributed by atoms with Crippen LogP contribution in [0.15, 0.2) is 12.1 Å². The second-order valence-electron chi connectivity index (χ2n) is 10.4. The van der Waals surface area contributed by atoms with E-state index in [2.05, 4.69) is 47.6 Å². The second-order valence-corrected chi connectivity index (χ2v) is 10.4. The van der Waals surface area contributed by atoms with Crippen molar-refractivity contribution in [1.82, 2.24) is 0 Å². The summed E-state index contributed by atoms with van der Waals surface area (Å²) < 4.78 is 27.6. The van der Waals surface area contributed by atoms with E-state index in [1.807, 2.05) is 27.7 Å². The molecule has 0 N–H and O–H groups in total. The summed E-state index contributed by atoms with van der Waals surface area (Å²) in [5.41, 5.74) is 1.36. The van der Waals surface area contributed by atoms with Crippen molar-refractivity contribution in [3.63, 3.8) is 0 Å². The maximum Gasteiger partial charge on any atom is 0.494 e. The van der Waals surface area contributed by atoms with Crippen LogP contribution in [-0.4, -0.2) is 18.3 Å². The Hall–Kier alpha value is -0.865. The van der Waals surface area contributed by atoms with Gasteiger partial charge in [0.15, 0.2) is 0 Å². The van der Waals surface area contributed by atoms with Crippen molar-refractivity contribution >= 4 is 12.6 Å². The predicted molar refractivity (Wildman–Crippen MR) is 102 cm³/mol. The minimum absolute atomic E-state index is 0.0717. The van der Waals surface area contributed by atoms with Crippen LogP contribution in [0.3, 0.4) is 0 Å². The molecule has 25 heavy (non-hydrogen) atoms. The van der Waals surface area contributed by atoms with Crippen LogP contribution < -0.4 is 5.46 Å². The average molecular weight is 346 g/mol. The summed E-state index contributed by atoms with van der Waals surface area (Å²) >= 11 is 0. The molecule has 1 aromatic rings. The number of fused-ring (bicyclic) bond motifs is 1. The van der Waals surface area contributed by atoms with E-state index in [0.29, 0.717) is 0 Å². The molecule has 0 amide bonds. The minimum Gasteiger partial charge on any atom is -0.399 e. The molecule has 1 heterocycles. The van der Waals surface area contributed by atoms with Crippen molar-refractivity contribution < 1.29 is 13.7 Å². The van der Waals surface area contributed by atoms with Crippen molar-refractivity contribution in [2.75, 3.05) is 0 Å². The van der Waals surface area contributed by atoms with Crippen molar-refractivity contribution in [1.29, 1.82) is 0 Å². The third-order valence-electron chi connectivity index (χ3n) is 8.06. The van der Waals surface area contributed by atoms with Crippen LogP contribution in [0.1, 0.15) is 80.4 Å². The summed E-state index contributed by atoms with van der Waals surface area (Å²) in [4.78, 5) is 0. The lowest BCUT2D eigenvalue weighted by Crippen LogP contribution is -2.42. The number of halogens is 1. The first-order valence-electron chi connectivity index (χ1n) is 9.26. The highest BCUT2D eigenvalue weighted by atomic mass is 19.1. The van der Waals surface area contributed by atoms with Gasteiger partial charge in [0.25, 0.3) is 0 Å². The first-order valence-corrected chi connectivity index (χ1v) is 9.26. The van der Waals surface area contributed by atoms with Crippen molar-refractivity contribution in [2.24, 2.45) is 5.41 Å².